The minimum atomic E-state index is -0.994. The molecule has 0 aliphatic heterocycles. The number of thiazole rings is 1. The molecule has 8 heteroatoms. The van der Waals surface area contributed by atoms with Crippen molar-refractivity contribution in [1.82, 2.24) is 14.8 Å². The molecule has 2 rings (SSSR count). The summed E-state index contributed by atoms with van der Waals surface area (Å²) in [6, 6.07) is 1.54. The number of nitrogens with one attached hydrogen (secondary N) is 1. The van der Waals surface area contributed by atoms with Crippen LogP contribution in [0.5, 0.6) is 0 Å². The number of anilines is 1. The minimum Gasteiger partial charge on any atom is -0.480 e. The van der Waals surface area contributed by atoms with Crippen LogP contribution in [-0.2, 0) is 11.3 Å². The Labute approximate surface area is 112 Å². The predicted molar refractivity (Wildman–Crippen MR) is 69.4 cm³/mol. The van der Waals surface area contributed by atoms with E-state index in [9.17, 15) is 9.59 Å². The zero-order chi connectivity index (χ0) is 14.0. The average Bonchev–Trinajstić information content (AvgIpc) is 2.84. The van der Waals surface area contributed by atoms with Crippen molar-refractivity contribution in [3.05, 3.63) is 27.8 Å². The zero-order valence-electron chi connectivity index (χ0n) is 10.4. The summed E-state index contributed by atoms with van der Waals surface area (Å²) in [5, 5.41) is 16.0. The highest BCUT2D eigenvalue weighted by Gasteiger charge is 2.15. The molecule has 0 aliphatic carbocycles. The number of rotatable bonds is 4. The molecule has 0 saturated carbocycles. The summed E-state index contributed by atoms with van der Waals surface area (Å²) in [6.07, 6.45) is 1.49. The van der Waals surface area contributed by atoms with E-state index in [0.29, 0.717) is 11.5 Å². The molecule has 100 valence electrons. The largest absolute Gasteiger partial charge is 0.480 e. The molecule has 0 atom stereocenters. The molecule has 2 N–H and O–H groups in total. The molecule has 0 saturated heterocycles. The third-order valence-electron chi connectivity index (χ3n) is 2.30. The smallest absolute Gasteiger partial charge is 0.325 e. The third-order valence-corrected chi connectivity index (χ3v) is 3.18. The summed E-state index contributed by atoms with van der Waals surface area (Å²) in [4.78, 5) is 27.4. The highest BCUT2D eigenvalue weighted by atomic mass is 32.1. The van der Waals surface area contributed by atoms with Crippen molar-refractivity contribution in [1.29, 1.82) is 0 Å². The Kier molecular flexibility index (Phi) is 3.61. The lowest BCUT2D eigenvalue weighted by Crippen LogP contribution is -2.15. The standard InChI is InChI=1S/C11H12N4O3S/c1-6-10(12-7(2)19-6)11(18)13-8-3-4-15(14-8)5-9(16)17/h3-4H,5H2,1-2H3,(H,16,17)(H,13,14,18). The summed E-state index contributed by atoms with van der Waals surface area (Å²) in [6.45, 7) is 3.41. The van der Waals surface area contributed by atoms with E-state index >= 15 is 0 Å². The Balaban J connectivity index is 2.09. The highest BCUT2D eigenvalue weighted by molar-refractivity contribution is 7.11. The Morgan fingerprint density at radius 2 is 2.21 bits per heavy atom. The number of aliphatic carboxylic acids is 1. The van der Waals surface area contributed by atoms with Crippen molar-refractivity contribution in [3.63, 3.8) is 0 Å². The molecule has 1 amide bonds. The topological polar surface area (TPSA) is 97.1 Å². The number of aromatic nitrogens is 3. The SMILES string of the molecule is Cc1nc(C(=O)Nc2ccn(CC(=O)O)n2)c(C)s1. The molecular weight excluding hydrogens is 268 g/mol. The summed E-state index contributed by atoms with van der Waals surface area (Å²) < 4.78 is 1.23. The number of hydrogen-bond acceptors (Lipinski definition) is 5. The Morgan fingerprint density at radius 1 is 1.47 bits per heavy atom. The third kappa shape index (κ3) is 3.16. The average molecular weight is 280 g/mol. The molecular formula is C11H12N4O3S. The van der Waals surface area contributed by atoms with Crippen LogP contribution in [0.15, 0.2) is 12.3 Å². The zero-order valence-corrected chi connectivity index (χ0v) is 11.2. The van der Waals surface area contributed by atoms with Crippen molar-refractivity contribution in [2.24, 2.45) is 0 Å². The van der Waals surface area contributed by atoms with Gasteiger partial charge in [0.05, 0.1) is 5.01 Å². The van der Waals surface area contributed by atoms with Gasteiger partial charge < -0.3 is 10.4 Å². The highest BCUT2D eigenvalue weighted by Crippen LogP contribution is 2.17. The molecule has 7 nitrogen and oxygen atoms in total. The summed E-state index contributed by atoms with van der Waals surface area (Å²) in [7, 11) is 0. The Hall–Kier alpha value is -2.22. The van der Waals surface area contributed by atoms with Crippen LogP contribution < -0.4 is 5.32 Å². The fourth-order valence-electron chi connectivity index (χ4n) is 1.57. The van der Waals surface area contributed by atoms with Gasteiger partial charge in [0.1, 0.15) is 12.2 Å². The first kappa shape index (κ1) is 13.2. The predicted octanol–water partition coefficient (Wildman–Crippen LogP) is 1.29. The first-order valence-corrected chi connectivity index (χ1v) is 6.28. The number of carboxylic acids is 1. The number of hydrogen-bond donors (Lipinski definition) is 2. The normalized spacial score (nSPS) is 10.4. The van der Waals surface area contributed by atoms with Gasteiger partial charge in [0, 0.05) is 17.1 Å². The molecule has 2 aromatic heterocycles. The molecule has 0 aliphatic rings. The van der Waals surface area contributed by atoms with Crippen LogP contribution in [0.1, 0.15) is 20.4 Å². The van der Waals surface area contributed by atoms with Gasteiger partial charge in [-0.1, -0.05) is 0 Å². The van der Waals surface area contributed by atoms with Gasteiger partial charge in [-0.15, -0.1) is 11.3 Å². The lowest BCUT2D eigenvalue weighted by molar-refractivity contribution is -0.137. The number of carbonyl (C=O) groups is 2. The number of nitrogens with zero attached hydrogens (tertiary/aromatic N) is 3. The molecule has 2 aromatic rings. The van der Waals surface area contributed by atoms with Gasteiger partial charge in [0.25, 0.3) is 5.91 Å². The van der Waals surface area contributed by atoms with Crippen molar-refractivity contribution in [2.75, 3.05) is 5.32 Å². The quantitative estimate of drug-likeness (QED) is 0.879. The van der Waals surface area contributed by atoms with Gasteiger partial charge in [-0.3, -0.25) is 14.3 Å². The van der Waals surface area contributed by atoms with E-state index in [2.05, 4.69) is 15.4 Å². The van der Waals surface area contributed by atoms with Crippen LogP contribution in [0.4, 0.5) is 5.82 Å². The Morgan fingerprint density at radius 3 is 2.79 bits per heavy atom. The summed E-state index contributed by atoms with van der Waals surface area (Å²) >= 11 is 1.45. The maximum absolute atomic E-state index is 11.9. The first-order valence-electron chi connectivity index (χ1n) is 5.46. The van der Waals surface area contributed by atoms with Crippen LogP contribution >= 0.6 is 11.3 Å². The molecule has 2 heterocycles. The summed E-state index contributed by atoms with van der Waals surface area (Å²) in [5.74, 6) is -1.04. The number of amides is 1. The van der Waals surface area contributed by atoms with Gasteiger partial charge in [0.15, 0.2) is 5.82 Å². The van der Waals surface area contributed by atoms with E-state index in [0.717, 1.165) is 9.88 Å². The molecule has 0 unspecified atom stereocenters. The van der Waals surface area contributed by atoms with Gasteiger partial charge in [-0.2, -0.15) is 5.10 Å². The van der Waals surface area contributed by atoms with E-state index in [-0.39, 0.29) is 12.5 Å². The first-order chi connectivity index (χ1) is 8.95. The molecule has 19 heavy (non-hydrogen) atoms. The van der Waals surface area contributed by atoms with Crippen LogP contribution in [0.25, 0.3) is 0 Å². The second-order valence-corrected chi connectivity index (χ2v) is 5.29. The van der Waals surface area contributed by atoms with E-state index in [1.54, 1.807) is 0 Å². The van der Waals surface area contributed by atoms with E-state index in [1.165, 1.54) is 28.3 Å². The molecule has 0 aromatic carbocycles. The lowest BCUT2D eigenvalue weighted by atomic mass is 10.3. The molecule has 0 bridgehead atoms. The van der Waals surface area contributed by atoms with Crippen molar-refractivity contribution < 1.29 is 14.7 Å². The number of carbonyl (C=O) groups excluding carboxylic acids is 1. The maximum Gasteiger partial charge on any atom is 0.325 e. The minimum absolute atomic E-state index is 0.245. The summed E-state index contributed by atoms with van der Waals surface area (Å²) in [5.41, 5.74) is 0.371. The maximum atomic E-state index is 11.9. The van der Waals surface area contributed by atoms with Crippen LogP contribution in [0.3, 0.4) is 0 Å². The van der Waals surface area contributed by atoms with Crippen LogP contribution in [0, 0.1) is 13.8 Å². The fraction of sp³-hybridized carbons (Fsp3) is 0.273. The van der Waals surface area contributed by atoms with Crippen LogP contribution in [0.2, 0.25) is 0 Å². The number of carboxylic acid groups (broad SMARTS) is 1. The van der Waals surface area contributed by atoms with E-state index in [1.807, 2.05) is 13.8 Å². The fourth-order valence-corrected chi connectivity index (χ4v) is 2.39. The van der Waals surface area contributed by atoms with Crippen molar-refractivity contribution in [2.45, 2.75) is 20.4 Å². The second-order valence-electron chi connectivity index (χ2n) is 3.88. The van der Waals surface area contributed by atoms with Gasteiger partial charge in [-0.05, 0) is 13.8 Å². The monoisotopic (exact) mass is 280 g/mol. The van der Waals surface area contributed by atoms with Crippen molar-refractivity contribution in [3.8, 4) is 0 Å². The molecule has 0 radical (unpaired) electrons. The van der Waals surface area contributed by atoms with E-state index < -0.39 is 5.97 Å². The van der Waals surface area contributed by atoms with Crippen LogP contribution in [-0.4, -0.2) is 31.7 Å². The molecule has 0 spiro atoms. The number of aryl methyl sites for hydroxylation is 2. The van der Waals surface area contributed by atoms with Gasteiger partial charge >= 0.3 is 5.97 Å². The Bertz CT molecular complexity index is 632. The second kappa shape index (κ2) is 5.19. The van der Waals surface area contributed by atoms with Gasteiger partial charge in [0.2, 0.25) is 0 Å². The lowest BCUT2D eigenvalue weighted by Gasteiger charge is -2.00. The van der Waals surface area contributed by atoms with Gasteiger partial charge in [-0.25, -0.2) is 4.98 Å². The van der Waals surface area contributed by atoms with Crippen molar-refractivity contribution >= 4 is 29.0 Å². The molecule has 0 fully saturated rings. The van der Waals surface area contributed by atoms with E-state index in [4.69, 9.17) is 5.11 Å².